The summed E-state index contributed by atoms with van der Waals surface area (Å²) in [6.45, 7) is 3.14. The Balaban J connectivity index is 2.28. The van der Waals surface area contributed by atoms with Crippen molar-refractivity contribution in [2.24, 2.45) is 0 Å². The molecule has 0 spiro atoms. The van der Waals surface area contributed by atoms with Gasteiger partial charge in [-0.3, -0.25) is 14.6 Å². The predicted octanol–water partition coefficient (Wildman–Crippen LogP) is 2.98. The number of aromatic amines is 1. The number of H-pyrrole nitrogens is 1. The number of esters is 1. The highest BCUT2D eigenvalue weighted by atomic mass is 35.5. The molecule has 1 amide bonds. The van der Waals surface area contributed by atoms with Gasteiger partial charge < -0.3 is 15.0 Å². The standard InChI is InChI=1S/C18H15ClN4O4/c1-3-27-18(26)11-6-10(19)7-12-14(11)15(22-9(2)24)16(23-12)17(25)13-8-20-4-5-21-13/h4-8,23H,3H2,1-2H3,(H,22,24). The third-order valence-corrected chi connectivity index (χ3v) is 3.90. The van der Waals surface area contributed by atoms with Crippen molar-refractivity contribution < 1.29 is 19.1 Å². The average Bonchev–Trinajstić information content (AvgIpc) is 2.98. The molecule has 0 bridgehead atoms. The molecule has 0 saturated carbocycles. The van der Waals surface area contributed by atoms with Crippen molar-refractivity contribution in [3.63, 3.8) is 0 Å². The van der Waals surface area contributed by atoms with Crippen LogP contribution in [-0.4, -0.2) is 39.2 Å². The summed E-state index contributed by atoms with van der Waals surface area (Å²) < 4.78 is 5.07. The Morgan fingerprint density at radius 2 is 2.04 bits per heavy atom. The Morgan fingerprint density at radius 3 is 2.67 bits per heavy atom. The number of fused-ring (bicyclic) bond motifs is 1. The van der Waals surface area contributed by atoms with Gasteiger partial charge in [0.1, 0.15) is 11.4 Å². The van der Waals surface area contributed by atoms with E-state index in [2.05, 4.69) is 20.3 Å². The second kappa shape index (κ2) is 7.55. The van der Waals surface area contributed by atoms with Gasteiger partial charge in [0.05, 0.1) is 29.6 Å². The molecule has 0 aliphatic heterocycles. The Kier molecular flexibility index (Phi) is 5.18. The summed E-state index contributed by atoms with van der Waals surface area (Å²) >= 11 is 6.11. The number of benzene rings is 1. The highest BCUT2D eigenvalue weighted by Crippen LogP contribution is 2.34. The summed E-state index contributed by atoms with van der Waals surface area (Å²) in [6, 6.07) is 2.98. The number of carbonyl (C=O) groups excluding carboxylic acids is 3. The number of carbonyl (C=O) groups is 3. The Hall–Kier alpha value is -3.26. The summed E-state index contributed by atoms with van der Waals surface area (Å²) in [5.74, 6) is -1.52. The van der Waals surface area contributed by atoms with Gasteiger partial charge in [0, 0.05) is 29.7 Å². The van der Waals surface area contributed by atoms with E-state index in [1.165, 1.54) is 31.6 Å². The summed E-state index contributed by atoms with van der Waals surface area (Å²) in [7, 11) is 0. The van der Waals surface area contributed by atoms with Gasteiger partial charge >= 0.3 is 5.97 Å². The van der Waals surface area contributed by atoms with Crippen molar-refractivity contribution in [2.45, 2.75) is 13.8 Å². The van der Waals surface area contributed by atoms with E-state index in [9.17, 15) is 14.4 Å². The fourth-order valence-corrected chi connectivity index (χ4v) is 2.90. The minimum absolute atomic E-state index is 0.0634. The molecular formula is C18H15ClN4O4. The van der Waals surface area contributed by atoms with Crippen molar-refractivity contribution in [1.29, 1.82) is 0 Å². The maximum Gasteiger partial charge on any atom is 0.338 e. The monoisotopic (exact) mass is 386 g/mol. The van der Waals surface area contributed by atoms with Crippen molar-refractivity contribution in [3.05, 3.63) is 52.7 Å². The van der Waals surface area contributed by atoms with Crippen LogP contribution in [0.3, 0.4) is 0 Å². The summed E-state index contributed by atoms with van der Waals surface area (Å²) in [6.07, 6.45) is 4.13. The normalized spacial score (nSPS) is 10.6. The van der Waals surface area contributed by atoms with E-state index in [0.717, 1.165) is 0 Å². The lowest BCUT2D eigenvalue weighted by atomic mass is 10.1. The first-order valence-corrected chi connectivity index (χ1v) is 8.40. The van der Waals surface area contributed by atoms with Crippen LogP contribution in [0.25, 0.3) is 10.9 Å². The summed E-state index contributed by atoms with van der Waals surface area (Å²) in [5, 5.41) is 3.22. The lowest BCUT2D eigenvalue weighted by Gasteiger charge is -2.08. The molecular weight excluding hydrogens is 372 g/mol. The molecule has 0 unspecified atom stereocenters. The van der Waals surface area contributed by atoms with Crippen LogP contribution in [0.5, 0.6) is 0 Å². The zero-order valence-corrected chi connectivity index (χ0v) is 15.3. The molecule has 27 heavy (non-hydrogen) atoms. The summed E-state index contributed by atoms with van der Waals surface area (Å²) in [4.78, 5) is 47.8. The topological polar surface area (TPSA) is 114 Å². The fraction of sp³-hybridized carbons (Fsp3) is 0.167. The number of anilines is 1. The zero-order chi connectivity index (χ0) is 19.6. The Labute approximate surface area is 158 Å². The molecule has 138 valence electrons. The number of rotatable bonds is 5. The fourth-order valence-electron chi connectivity index (χ4n) is 2.68. The van der Waals surface area contributed by atoms with Crippen LogP contribution in [0, 0.1) is 0 Å². The van der Waals surface area contributed by atoms with Gasteiger partial charge in [0.2, 0.25) is 11.7 Å². The minimum Gasteiger partial charge on any atom is -0.462 e. The number of ketones is 1. The van der Waals surface area contributed by atoms with Gasteiger partial charge in [-0.1, -0.05) is 11.6 Å². The summed E-state index contributed by atoms with van der Waals surface area (Å²) in [5.41, 5.74) is 0.847. The Morgan fingerprint density at radius 1 is 1.26 bits per heavy atom. The SMILES string of the molecule is CCOC(=O)c1cc(Cl)cc2[nH]c(C(=O)c3cnccn3)c(NC(C)=O)c12. The maximum absolute atomic E-state index is 12.9. The molecule has 0 aliphatic rings. The third-order valence-electron chi connectivity index (χ3n) is 3.68. The van der Waals surface area contributed by atoms with E-state index in [1.54, 1.807) is 13.0 Å². The highest BCUT2D eigenvalue weighted by molar-refractivity contribution is 6.32. The molecule has 3 rings (SSSR count). The smallest absolute Gasteiger partial charge is 0.338 e. The number of ether oxygens (including phenoxy) is 1. The van der Waals surface area contributed by atoms with E-state index in [-0.39, 0.29) is 34.3 Å². The lowest BCUT2D eigenvalue weighted by Crippen LogP contribution is -2.13. The van der Waals surface area contributed by atoms with E-state index in [1.807, 2.05) is 0 Å². The third kappa shape index (κ3) is 3.65. The molecule has 8 nitrogen and oxygen atoms in total. The van der Waals surface area contributed by atoms with Crippen LogP contribution in [0.2, 0.25) is 5.02 Å². The van der Waals surface area contributed by atoms with E-state index in [4.69, 9.17) is 16.3 Å². The largest absolute Gasteiger partial charge is 0.462 e. The van der Waals surface area contributed by atoms with Crippen LogP contribution in [-0.2, 0) is 9.53 Å². The molecule has 2 aromatic heterocycles. The number of halogens is 1. The first kappa shape index (κ1) is 18.5. The van der Waals surface area contributed by atoms with Crippen molar-refractivity contribution in [2.75, 3.05) is 11.9 Å². The van der Waals surface area contributed by atoms with E-state index in [0.29, 0.717) is 10.9 Å². The number of hydrogen-bond donors (Lipinski definition) is 2. The second-order valence-electron chi connectivity index (χ2n) is 5.57. The quantitative estimate of drug-likeness (QED) is 0.514. The Bertz CT molecular complexity index is 1050. The molecule has 2 heterocycles. The number of amides is 1. The molecule has 0 atom stereocenters. The highest BCUT2D eigenvalue weighted by Gasteiger charge is 2.25. The number of nitrogens with zero attached hydrogens (tertiary/aromatic N) is 2. The van der Waals surface area contributed by atoms with Crippen LogP contribution < -0.4 is 5.32 Å². The minimum atomic E-state index is -0.617. The van der Waals surface area contributed by atoms with E-state index >= 15 is 0 Å². The van der Waals surface area contributed by atoms with Gasteiger partial charge in [0.15, 0.2) is 0 Å². The van der Waals surface area contributed by atoms with Crippen molar-refractivity contribution in [1.82, 2.24) is 15.0 Å². The van der Waals surface area contributed by atoms with Crippen LogP contribution in [0.4, 0.5) is 5.69 Å². The van der Waals surface area contributed by atoms with Crippen molar-refractivity contribution in [3.8, 4) is 0 Å². The molecule has 0 radical (unpaired) electrons. The average molecular weight is 387 g/mol. The van der Waals surface area contributed by atoms with Gasteiger partial charge in [-0.25, -0.2) is 9.78 Å². The first-order valence-electron chi connectivity index (χ1n) is 8.03. The zero-order valence-electron chi connectivity index (χ0n) is 14.5. The first-order chi connectivity index (χ1) is 12.9. The number of nitrogens with one attached hydrogen (secondary N) is 2. The molecule has 0 saturated heterocycles. The molecule has 0 fully saturated rings. The van der Waals surface area contributed by atoms with Crippen LogP contribution in [0.15, 0.2) is 30.7 Å². The maximum atomic E-state index is 12.9. The molecule has 9 heteroatoms. The molecule has 3 aromatic rings. The lowest BCUT2D eigenvalue weighted by molar-refractivity contribution is -0.114. The van der Waals surface area contributed by atoms with E-state index < -0.39 is 17.7 Å². The van der Waals surface area contributed by atoms with Crippen LogP contribution in [0.1, 0.15) is 40.4 Å². The molecule has 1 aromatic carbocycles. The number of aromatic nitrogens is 3. The molecule has 0 aliphatic carbocycles. The van der Waals surface area contributed by atoms with Crippen molar-refractivity contribution >= 4 is 45.9 Å². The predicted molar refractivity (Wildman–Crippen MR) is 99.0 cm³/mol. The van der Waals surface area contributed by atoms with Gasteiger partial charge in [-0.2, -0.15) is 0 Å². The van der Waals surface area contributed by atoms with Crippen LogP contribution >= 0.6 is 11.6 Å². The second-order valence-corrected chi connectivity index (χ2v) is 6.01. The van der Waals surface area contributed by atoms with Gasteiger partial charge in [0.25, 0.3) is 0 Å². The van der Waals surface area contributed by atoms with Gasteiger partial charge in [-0.05, 0) is 19.1 Å². The molecule has 2 N–H and O–H groups in total. The van der Waals surface area contributed by atoms with Gasteiger partial charge in [-0.15, -0.1) is 0 Å². The number of hydrogen-bond acceptors (Lipinski definition) is 6.